The Morgan fingerprint density at radius 1 is 1.08 bits per heavy atom. The Kier molecular flexibility index (Phi) is 4.56. The molecule has 0 bridgehead atoms. The van der Waals surface area contributed by atoms with Gasteiger partial charge < -0.3 is 5.32 Å². The molecule has 5 nitrogen and oxygen atoms in total. The van der Waals surface area contributed by atoms with Crippen LogP contribution in [0.15, 0.2) is 55.1 Å². The van der Waals surface area contributed by atoms with E-state index in [0.717, 1.165) is 22.6 Å². The summed E-state index contributed by atoms with van der Waals surface area (Å²) < 4.78 is 12.9. The van der Waals surface area contributed by atoms with Crippen molar-refractivity contribution in [2.75, 3.05) is 5.32 Å². The number of nitrogens with one attached hydrogen (secondary N) is 1. The number of rotatable bonds is 5. The molecule has 3 heterocycles. The van der Waals surface area contributed by atoms with Gasteiger partial charge in [-0.15, -0.1) is 0 Å². The highest BCUT2D eigenvalue weighted by Crippen LogP contribution is 2.21. The molecule has 0 amide bonds. The average Bonchev–Trinajstić information content (AvgIpc) is 2.59. The number of hydrogen-bond acceptors (Lipinski definition) is 5. The lowest BCUT2D eigenvalue weighted by Gasteiger charge is -2.11. The zero-order chi connectivity index (χ0) is 16.9. The molecule has 0 aromatic carbocycles. The van der Waals surface area contributed by atoms with Crippen LogP contribution in [0, 0.1) is 12.9 Å². The van der Waals surface area contributed by atoms with Crippen LogP contribution >= 0.6 is 0 Å². The van der Waals surface area contributed by atoms with Crippen LogP contribution in [0.25, 0.3) is 0 Å². The Morgan fingerprint density at radius 2 is 1.96 bits per heavy atom. The van der Waals surface area contributed by atoms with Gasteiger partial charge in [0.1, 0.15) is 0 Å². The number of Topliss-reactive ketones (excluding diaryl/α,β-unsaturated/α-hetero) is 1. The van der Waals surface area contributed by atoms with Crippen LogP contribution in [0.2, 0.25) is 0 Å². The number of anilines is 2. The third-order valence-electron chi connectivity index (χ3n) is 3.50. The van der Waals surface area contributed by atoms with E-state index < -0.39 is 5.95 Å². The smallest absolute Gasteiger partial charge is 0.212 e. The highest BCUT2D eigenvalue weighted by atomic mass is 19.1. The standard InChI is InChI=1S/C18H15FN4O/c1-12-2-4-15(10-21-12)23-16-11-20-7-6-13(16)8-17(24)14-3-5-18(19)22-9-14/h2-7,9-11,23H,8H2,1H3. The molecule has 0 aliphatic heterocycles. The van der Waals surface area contributed by atoms with Crippen molar-refractivity contribution in [3.8, 4) is 0 Å². The predicted molar refractivity (Wildman–Crippen MR) is 88.7 cm³/mol. The molecule has 3 rings (SSSR count). The largest absolute Gasteiger partial charge is 0.353 e. The lowest BCUT2D eigenvalue weighted by atomic mass is 10.0. The molecule has 0 aliphatic rings. The summed E-state index contributed by atoms with van der Waals surface area (Å²) in [7, 11) is 0. The van der Waals surface area contributed by atoms with Crippen molar-refractivity contribution < 1.29 is 9.18 Å². The molecule has 6 heteroatoms. The van der Waals surface area contributed by atoms with Crippen molar-refractivity contribution in [2.24, 2.45) is 0 Å². The molecular formula is C18H15FN4O. The number of halogens is 1. The quantitative estimate of drug-likeness (QED) is 0.575. The van der Waals surface area contributed by atoms with Gasteiger partial charge in [-0.05, 0) is 42.8 Å². The Balaban J connectivity index is 1.79. The average molecular weight is 322 g/mol. The number of nitrogens with zero attached hydrogens (tertiary/aromatic N) is 3. The fourth-order valence-electron chi connectivity index (χ4n) is 2.20. The number of aryl methyl sites for hydroxylation is 1. The summed E-state index contributed by atoms with van der Waals surface area (Å²) in [5.74, 6) is -0.747. The minimum atomic E-state index is -0.607. The van der Waals surface area contributed by atoms with Crippen LogP contribution in [-0.2, 0) is 6.42 Å². The fraction of sp³-hybridized carbons (Fsp3) is 0.111. The summed E-state index contributed by atoms with van der Waals surface area (Å²) in [5.41, 5.74) is 3.62. The summed E-state index contributed by atoms with van der Waals surface area (Å²) >= 11 is 0. The maximum Gasteiger partial charge on any atom is 0.212 e. The van der Waals surface area contributed by atoms with Crippen LogP contribution in [-0.4, -0.2) is 20.7 Å². The second kappa shape index (κ2) is 6.95. The van der Waals surface area contributed by atoms with E-state index in [0.29, 0.717) is 5.56 Å². The van der Waals surface area contributed by atoms with Gasteiger partial charge in [-0.25, -0.2) is 4.98 Å². The molecule has 3 aromatic heterocycles. The van der Waals surface area contributed by atoms with Gasteiger partial charge in [0.2, 0.25) is 5.95 Å². The van der Waals surface area contributed by atoms with Crippen molar-refractivity contribution in [3.05, 3.63) is 77.9 Å². The first-order chi connectivity index (χ1) is 11.6. The van der Waals surface area contributed by atoms with Crippen molar-refractivity contribution in [1.29, 1.82) is 0 Å². The van der Waals surface area contributed by atoms with Crippen LogP contribution in [0.5, 0.6) is 0 Å². The van der Waals surface area contributed by atoms with Gasteiger partial charge in [0.05, 0.1) is 23.8 Å². The molecule has 0 spiro atoms. The first-order valence-electron chi connectivity index (χ1n) is 7.39. The third kappa shape index (κ3) is 3.78. The fourth-order valence-corrected chi connectivity index (χ4v) is 2.20. The molecule has 3 aromatic rings. The van der Waals surface area contributed by atoms with Crippen molar-refractivity contribution in [3.63, 3.8) is 0 Å². The van der Waals surface area contributed by atoms with Gasteiger partial charge in [0.15, 0.2) is 5.78 Å². The zero-order valence-electron chi connectivity index (χ0n) is 13.0. The first-order valence-corrected chi connectivity index (χ1v) is 7.39. The summed E-state index contributed by atoms with van der Waals surface area (Å²) in [6.45, 7) is 1.91. The van der Waals surface area contributed by atoms with Crippen LogP contribution < -0.4 is 5.32 Å². The maximum absolute atomic E-state index is 12.9. The van der Waals surface area contributed by atoms with E-state index in [2.05, 4.69) is 20.3 Å². The topological polar surface area (TPSA) is 67.8 Å². The van der Waals surface area contributed by atoms with Crippen molar-refractivity contribution >= 4 is 17.2 Å². The van der Waals surface area contributed by atoms with E-state index in [9.17, 15) is 9.18 Å². The summed E-state index contributed by atoms with van der Waals surface area (Å²) in [6.07, 6.45) is 6.42. The Hall–Kier alpha value is -3.15. The van der Waals surface area contributed by atoms with Gasteiger partial charge in [0.25, 0.3) is 0 Å². The SMILES string of the molecule is Cc1ccc(Nc2cnccc2CC(=O)c2ccc(F)nc2)cn1. The Labute approximate surface area is 138 Å². The van der Waals surface area contributed by atoms with Crippen molar-refractivity contribution in [1.82, 2.24) is 15.0 Å². The molecule has 0 atom stereocenters. The summed E-state index contributed by atoms with van der Waals surface area (Å²) in [6, 6.07) is 8.19. The second-order valence-corrected chi connectivity index (χ2v) is 5.32. The molecule has 0 radical (unpaired) electrons. The zero-order valence-corrected chi connectivity index (χ0v) is 13.0. The minimum absolute atomic E-state index is 0.140. The van der Waals surface area contributed by atoms with Crippen LogP contribution in [0.4, 0.5) is 15.8 Å². The highest BCUT2D eigenvalue weighted by Gasteiger charge is 2.11. The van der Waals surface area contributed by atoms with E-state index in [1.807, 2.05) is 19.1 Å². The van der Waals surface area contributed by atoms with Gasteiger partial charge in [-0.3, -0.25) is 14.8 Å². The minimum Gasteiger partial charge on any atom is -0.353 e. The molecule has 1 N–H and O–H groups in total. The second-order valence-electron chi connectivity index (χ2n) is 5.32. The number of aromatic nitrogens is 3. The normalized spacial score (nSPS) is 10.4. The molecule has 0 aliphatic carbocycles. The predicted octanol–water partition coefficient (Wildman–Crippen LogP) is 3.49. The number of pyridine rings is 3. The van der Waals surface area contributed by atoms with Gasteiger partial charge in [0, 0.05) is 30.1 Å². The van der Waals surface area contributed by atoms with Gasteiger partial charge in [-0.2, -0.15) is 4.39 Å². The molecule has 0 fully saturated rings. The molecular weight excluding hydrogens is 307 g/mol. The Morgan fingerprint density at radius 3 is 2.67 bits per heavy atom. The number of hydrogen-bond donors (Lipinski definition) is 1. The van der Waals surface area contributed by atoms with E-state index in [4.69, 9.17) is 0 Å². The van der Waals surface area contributed by atoms with E-state index in [1.54, 1.807) is 24.7 Å². The van der Waals surface area contributed by atoms with Crippen LogP contribution in [0.1, 0.15) is 21.6 Å². The molecule has 24 heavy (non-hydrogen) atoms. The van der Waals surface area contributed by atoms with E-state index >= 15 is 0 Å². The lowest BCUT2D eigenvalue weighted by molar-refractivity contribution is 0.0992. The van der Waals surface area contributed by atoms with E-state index in [-0.39, 0.29) is 12.2 Å². The molecule has 0 unspecified atom stereocenters. The monoisotopic (exact) mass is 322 g/mol. The van der Waals surface area contributed by atoms with Crippen LogP contribution in [0.3, 0.4) is 0 Å². The van der Waals surface area contributed by atoms with Gasteiger partial charge in [-0.1, -0.05) is 0 Å². The number of carbonyl (C=O) groups is 1. The highest BCUT2D eigenvalue weighted by molar-refractivity contribution is 5.98. The first kappa shape index (κ1) is 15.7. The Bertz CT molecular complexity index is 848. The molecule has 120 valence electrons. The maximum atomic E-state index is 12.9. The number of carbonyl (C=O) groups excluding carboxylic acids is 1. The summed E-state index contributed by atoms with van der Waals surface area (Å²) in [5, 5.41) is 3.21. The van der Waals surface area contributed by atoms with E-state index in [1.165, 1.54) is 18.3 Å². The van der Waals surface area contributed by atoms with Gasteiger partial charge >= 0.3 is 0 Å². The van der Waals surface area contributed by atoms with Crippen molar-refractivity contribution in [2.45, 2.75) is 13.3 Å². The summed E-state index contributed by atoms with van der Waals surface area (Å²) in [4.78, 5) is 24.2. The lowest BCUT2D eigenvalue weighted by Crippen LogP contribution is -2.07. The molecule has 0 saturated heterocycles. The third-order valence-corrected chi connectivity index (χ3v) is 3.50. The molecule has 0 saturated carbocycles. The number of ketones is 1.